The monoisotopic (exact) mass is 431 g/mol. The molecular weight excluding hydrogens is 411 g/mol. The van der Waals surface area contributed by atoms with E-state index >= 15 is 0 Å². The minimum absolute atomic E-state index is 0.0644. The lowest BCUT2D eigenvalue weighted by Gasteiger charge is -2.27. The van der Waals surface area contributed by atoms with Crippen molar-refractivity contribution in [2.45, 2.75) is 32.1 Å². The molecule has 0 aliphatic carbocycles. The van der Waals surface area contributed by atoms with E-state index in [4.69, 9.17) is 0 Å². The summed E-state index contributed by atoms with van der Waals surface area (Å²) >= 11 is 2.66. The Bertz CT molecular complexity index is 846. The van der Waals surface area contributed by atoms with Crippen LogP contribution >= 0.6 is 22.7 Å². The number of aromatic nitrogens is 1. The van der Waals surface area contributed by atoms with Gasteiger partial charge in [0.1, 0.15) is 5.01 Å². The molecule has 1 aliphatic rings. The lowest BCUT2D eigenvalue weighted by Crippen LogP contribution is -2.40. The van der Waals surface area contributed by atoms with Crippen LogP contribution in [-0.4, -0.2) is 41.9 Å². The Hall–Kier alpha value is -2.14. The first-order chi connectivity index (χ1) is 13.4. The number of nitrogens with zero attached hydrogens (tertiary/aromatic N) is 3. The first-order valence-corrected chi connectivity index (χ1v) is 10.4. The summed E-state index contributed by atoms with van der Waals surface area (Å²) in [6.45, 7) is 1.89. The van der Waals surface area contributed by atoms with Crippen molar-refractivity contribution < 1.29 is 18.0 Å². The van der Waals surface area contributed by atoms with Crippen molar-refractivity contribution in [1.29, 1.82) is 0 Å². The van der Waals surface area contributed by atoms with Crippen molar-refractivity contribution in [1.82, 2.24) is 20.5 Å². The van der Waals surface area contributed by atoms with Crippen LogP contribution in [0.4, 0.5) is 13.2 Å². The average molecular weight is 432 g/mol. The van der Waals surface area contributed by atoms with E-state index in [2.05, 4.69) is 32.1 Å². The van der Waals surface area contributed by atoms with E-state index in [9.17, 15) is 18.0 Å². The Morgan fingerprint density at radius 1 is 1.36 bits per heavy atom. The number of carbonyl (C=O) groups excluding carboxylic acids is 1. The molecule has 0 atom stereocenters. The number of amides is 1. The number of alkyl halides is 3. The van der Waals surface area contributed by atoms with Gasteiger partial charge in [-0.05, 0) is 23.4 Å². The van der Waals surface area contributed by atoms with Crippen LogP contribution < -0.4 is 10.6 Å². The van der Waals surface area contributed by atoms with Gasteiger partial charge in [-0.2, -0.15) is 13.2 Å². The van der Waals surface area contributed by atoms with Crippen LogP contribution in [0.2, 0.25) is 0 Å². The molecule has 1 amide bonds. The second kappa shape index (κ2) is 8.91. The molecule has 2 N–H and O–H groups in total. The molecule has 3 heterocycles. The molecule has 2 aromatic rings. The van der Waals surface area contributed by atoms with Gasteiger partial charge in [-0.15, -0.1) is 22.7 Å². The number of thiazole rings is 1. The van der Waals surface area contributed by atoms with Gasteiger partial charge < -0.3 is 15.5 Å². The third-order valence-corrected chi connectivity index (χ3v) is 6.14. The SMILES string of the molecule is CN=C(NCCC(=O)N1CCc2sccc2C1)NCc1nc(C(F)(F)F)cs1. The number of rotatable bonds is 5. The summed E-state index contributed by atoms with van der Waals surface area (Å²) in [5.41, 5.74) is 0.329. The summed E-state index contributed by atoms with van der Waals surface area (Å²) in [5, 5.41) is 9.27. The van der Waals surface area contributed by atoms with Crippen LogP contribution in [0.25, 0.3) is 0 Å². The van der Waals surface area contributed by atoms with Gasteiger partial charge in [0.15, 0.2) is 11.7 Å². The Morgan fingerprint density at radius 2 is 2.18 bits per heavy atom. The molecule has 2 aromatic heterocycles. The average Bonchev–Trinajstić information content (AvgIpc) is 3.32. The number of aliphatic imine (C=N–C) groups is 1. The summed E-state index contributed by atoms with van der Waals surface area (Å²) in [6, 6.07) is 2.06. The summed E-state index contributed by atoms with van der Waals surface area (Å²) in [4.78, 5) is 23.2. The van der Waals surface area contributed by atoms with Gasteiger partial charge in [0, 0.05) is 43.4 Å². The van der Waals surface area contributed by atoms with E-state index in [1.165, 1.54) is 10.4 Å². The molecule has 0 aromatic carbocycles. The second-order valence-electron chi connectivity index (χ2n) is 6.16. The molecule has 0 saturated carbocycles. The van der Waals surface area contributed by atoms with E-state index in [1.54, 1.807) is 18.4 Å². The highest BCUT2D eigenvalue weighted by Crippen LogP contribution is 2.30. The summed E-state index contributed by atoms with van der Waals surface area (Å²) in [5.74, 6) is 0.477. The van der Waals surface area contributed by atoms with Crippen molar-refractivity contribution in [3.8, 4) is 0 Å². The first kappa shape index (κ1) is 20.6. The van der Waals surface area contributed by atoms with Crippen LogP contribution in [0, 0.1) is 0 Å². The molecule has 0 spiro atoms. The zero-order chi connectivity index (χ0) is 20.1. The molecule has 0 radical (unpaired) electrons. The van der Waals surface area contributed by atoms with Crippen molar-refractivity contribution in [2.75, 3.05) is 20.1 Å². The van der Waals surface area contributed by atoms with Crippen LogP contribution in [-0.2, 0) is 30.5 Å². The number of fused-ring (bicyclic) bond motifs is 1. The fourth-order valence-corrected chi connectivity index (χ4v) is 4.44. The molecule has 0 fully saturated rings. The van der Waals surface area contributed by atoms with Crippen molar-refractivity contribution in [3.05, 3.63) is 38.0 Å². The maximum Gasteiger partial charge on any atom is 0.434 e. The zero-order valence-corrected chi connectivity index (χ0v) is 16.8. The topological polar surface area (TPSA) is 69.6 Å². The Morgan fingerprint density at radius 3 is 2.89 bits per heavy atom. The molecule has 0 bridgehead atoms. The van der Waals surface area contributed by atoms with Crippen LogP contribution in [0.5, 0.6) is 0 Å². The fourth-order valence-electron chi connectivity index (χ4n) is 2.81. The Labute approximate surface area is 168 Å². The number of guanidine groups is 1. The molecule has 152 valence electrons. The summed E-state index contributed by atoms with van der Waals surface area (Å²) in [7, 11) is 1.56. The lowest BCUT2D eigenvalue weighted by atomic mass is 10.1. The highest BCUT2D eigenvalue weighted by atomic mass is 32.1. The predicted octanol–water partition coefficient (Wildman–Crippen LogP) is 2.86. The first-order valence-electron chi connectivity index (χ1n) is 8.66. The smallest absolute Gasteiger partial charge is 0.356 e. The van der Waals surface area contributed by atoms with E-state index in [0.29, 0.717) is 30.5 Å². The van der Waals surface area contributed by atoms with E-state index in [1.807, 2.05) is 4.90 Å². The van der Waals surface area contributed by atoms with Crippen molar-refractivity contribution in [3.63, 3.8) is 0 Å². The third kappa shape index (κ3) is 5.22. The van der Waals surface area contributed by atoms with Gasteiger partial charge in [-0.1, -0.05) is 0 Å². The fraction of sp³-hybridized carbons (Fsp3) is 0.471. The van der Waals surface area contributed by atoms with Crippen molar-refractivity contribution >= 4 is 34.5 Å². The molecule has 0 unspecified atom stereocenters. The zero-order valence-electron chi connectivity index (χ0n) is 15.2. The van der Waals surface area contributed by atoms with Crippen LogP contribution in [0.1, 0.15) is 27.6 Å². The van der Waals surface area contributed by atoms with Gasteiger partial charge >= 0.3 is 6.18 Å². The summed E-state index contributed by atoms with van der Waals surface area (Å²) < 4.78 is 37.7. The Balaban J connectivity index is 1.41. The molecule has 28 heavy (non-hydrogen) atoms. The normalized spacial score (nSPS) is 14.7. The molecule has 6 nitrogen and oxygen atoms in total. The second-order valence-corrected chi connectivity index (χ2v) is 8.10. The Kier molecular flexibility index (Phi) is 6.55. The van der Waals surface area contributed by atoms with Crippen molar-refractivity contribution in [2.24, 2.45) is 4.99 Å². The predicted molar refractivity (Wildman–Crippen MR) is 103 cm³/mol. The van der Waals surface area contributed by atoms with Gasteiger partial charge in [-0.3, -0.25) is 9.79 Å². The van der Waals surface area contributed by atoms with E-state index in [0.717, 1.165) is 29.7 Å². The maximum atomic E-state index is 12.6. The minimum atomic E-state index is -4.44. The lowest BCUT2D eigenvalue weighted by molar-refractivity contribution is -0.140. The standard InChI is InChI=1S/C17H20F3N5OS2/c1-21-16(23-8-14-24-13(10-28-14)17(18,19)20)22-5-2-15(26)25-6-3-12-11(9-25)4-7-27-12/h4,7,10H,2-3,5-6,8-9H2,1H3,(H2,21,22,23). The van der Waals surface area contributed by atoms with Gasteiger partial charge in [-0.25, -0.2) is 4.98 Å². The van der Waals surface area contributed by atoms with E-state index in [-0.39, 0.29) is 12.5 Å². The quantitative estimate of drug-likeness (QED) is 0.564. The van der Waals surface area contributed by atoms with Crippen LogP contribution in [0.3, 0.4) is 0 Å². The largest absolute Gasteiger partial charge is 0.434 e. The highest BCUT2D eigenvalue weighted by Gasteiger charge is 2.33. The number of hydrogen-bond donors (Lipinski definition) is 2. The minimum Gasteiger partial charge on any atom is -0.356 e. The molecule has 0 saturated heterocycles. The molecular formula is C17H20F3N5OS2. The number of hydrogen-bond acceptors (Lipinski definition) is 5. The molecule has 1 aliphatic heterocycles. The summed E-state index contributed by atoms with van der Waals surface area (Å²) in [6.07, 6.45) is -3.23. The van der Waals surface area contributed by atoms with Crippen LogP contribution in [0.15, 0.2) is 21.8 Å². The number of carbonyl (C=O) groups is 1. The number of thiophene rings is 1. The van der Waals surface area contributed by atoms with Gasteiger partial charge in [0.05, 0.1) is 6.54 Å². The highest BCUT2D eigenvalue weighted by molar-refractivity contribution is 7.10. The number of nitrogens with one attached hydrogen (secondary N) is 2. The maximum absolute atomic E-state index is 12.6. The van der Waals surface area contributed by atoms with Gasteiger partial charge in [0.25, 0.3) is 0 Å². The number of halogens is 3. The van der Waals surface area contributed by atoms with E-state index < -0.39 is 11.9 Å². The van der Waals surface area contributed by atoms with Gasteiger partial charge in [0.2, 0.25) is 5.91 Å². The molecule has 11 heteroatoms. The third-order valence-electron chi connectivity index (χ3n) is 4.26. The molecule has 3 rings (SSSR count).